The Labute approximate surface area is 103 Å². The topological polar surface area (TPSA) is 37.5 Å². The first-order valence-electron chi connectivity index (χ1n) is 5.42. The first-order valence-corrected chi connectivity index (χ1v) is 6.24. The number of nitrogens with zero attached hydrogens (tertiary/aromatic N) is 2. The lowest BCUT2D eigenvalue weighted by molar-refractivity contribution is 0.220. The lowest BCUT2D eigenvalue weighted by Gasteiger charge is -2.03. The number of aliphatic hydroxyl groups is 1. The molecule has 17 heavy (non-hydrogen) atoms. The van der Waals surface area contributed by atoms with Crippen LogP contribution >= 0.6 is 11.3 Å². The van der Waals surface area contributed by atoms with E-state index in [1.165, 1.54) is 4.88 Å². The molecule has 1 N–H and O–H groups in total. The summed E-state index contributed by atoms with van der Waals surface area (Å²) in [5.74, 6) is 0. The van der Waals surface area contributed by atoms with Gasteiger partial charge in [-0.15, -0.1) is 11.3 Å². The molecule has 0 spiro atoms. The minimum absolute atomic E-state index is 0.631. The van der Waals surface area contributed by atoms with Crippen LogP contribution in [0.3, 0.4) is 0 Å². The molecule has 86 valence electrons. The minimum atomic E-state index is -0.631. The monoisotopic (exact) mass is 244 g/mol. The molecule has 1 unspecified atom stereocenters. The van der Waals surface area contributed by atoms with Gasteiger partial charge in [0.2, 0.25) is 0 Å². The van der Waals surface area contributed by atoms with E-state index in [9.17, 15) is 5.11 Å². The van der Waals surface area contributed by atoms with Crippen LogP contribution in [0.2, 0.25) is 0 Å². The van der Waals surface area contributed by atoms with Crippen molar-refractivity contribution in [2.75, 3.05) is 0 Å². The number of pyridine rings is 1. The summed E-state index contributed by atoms with van der Waals surface area (Å²) in [6.07, 6.45) is 3.17. The summed E-state index contributed by atoms with van der Waals surface area (Å²) in [7, 11) is 0. The van der Waals surface area contributed by atoms with Gasteiger partial charge in [-0.25, -0.2) is 4.98 Å². The highest BCUT2D eigenvalue weighted by atomic mass is 32.1. The number of imidazole rings is 1. The summed E-state index contributed by atoms with van der Waals surface area (Å²) in [6, 6.07) is 9.78. The smallest absolute Gasteiger partial charge is 0.137 e. The first-order chi connectivity index (χ1) is 8.24. The van der Waals surface area contributed by atoms with E-state index in [-0.39, 0.29) is 0 Å². The molecule has 0 aliphatic rings. The summed E-state index contributed by atoms with van der Waals surface area (Å²) >= 11 is 1.60. The number of rotatable bonds is 2. The second kappa shape index (κ2) is 3.98. The van der Waals surface area contributed by atoms with Gasteiger partial charge in [0.25, 0.3) is 0 Å². The number of aryl methyl sites for hydroxylation is 1. The molecule has 0 radical (unpaired) electrons. The largest absolute Gasteiger partial charge is 0.381 e. The zero-order valence-corrected chi connectivity index (χ0v) is 10.2. The van der Waals surface area contributed by atoms with Gasteiger partial charge >= 0.3 is 0 Å². The maximum atomic E-state index is 10.2. The van der Waals surface area contributed by atoms with Crippen LogP contribution in [0.4, 0.5) is 0 Å². The summed E-state index contributed by atoms with van der Waals surface area (Å²) in [4.78, 5) is 6.55. The molecule has 3 aromatic rings. The van der Waals surface area contributed by atoms with E-state index in [1.807, 2.05) is 54.0 Å². The molecule has 0 aromatic carbocycles. The molecule has 0 saturated heterocycles. The highest BCUT2D eigenvalue weighted by Gasteiger charge is 2.15. The van der Waals surface area contributed by atoms with E-state index in [0.29, 0.717) is 5.69 Å². The molecule has 0 aliphatic carbocycles. The van der Waals surface area contributed by atoms with E-state index in [1.54, 1.807) is 11.3 Å². The molecule has 3 rings (SSSR count). The fraction of sp³-hybridized carbons (Fsp3) is 0.154. The van der Waals surface area contributed by atoms with E-state index in [0.717, 1.165) is 10.5 Å². The van der Waals surface area contributed by atoms with Gasteiger partial charge < -0.3 is 9.51 Å². The third-order valence-corrected chi connectivity index (χ3v) is 3.75. The molecule has 0 saturated carbocycles. The first kappa shape index (κ1) is 10.5. The molecule has 1 atom stereocenters. The van der Waals surface area contributed by atoms with Crippen LogP contribution in [-0.4, -0.2) is 14.5 Å². The molecule has 0 bridgehead atoms. The van der Waals surface area contributed by atoms with Gasteiger partial charge in [-0.1, -0.05) is 6.07 Å². The molecule has 0 aliphatic heterocycles. The average Bonchev–Trinajstić information content (AvgIpc) is 2.93. The molecule has 0 fully saturated rings. The van der Waals surface area contributed by atoms with E-state index < -0.39 is 6.10 Å². The van der Waals surface area contributed by atoms with Gasteiger partial charge in [-0.2, -0.15) is 0 Å². The van der Waals surface area contributed by atoms with Crippen molar-refractivity contribution in [2.24, 2.45) is 0 Å². The Balaban J connectivity index is 2.03. The maximum Gasteiger partial charge on any atom is 0.137 e. The maximum absolute atomic E-state index is 10.2. The Morgan fingerprint density at radius 2 is 2.18 bits per heavy atom. The summed E-state index contributed by atoms with van der Waals surface area (Å²) in [5, 5.41) is 10.2. The van der Waals surface area contributed by atoms with Crippen LogP contribution in [0.25, 0.3) is 5.65 Å². The predicted octanol–water partition coefficient (Wildman–Crippen LogP) is 2.79. The Bertz CT molecular complexity index is 623. The SMILES string of the molecule is Cc1ccc(C(O)c2cn3ccccc3n2)s1. The number of fused-ring (bicyclic) bond motifs is 1. The standard InChI is InChI=1S/C13H12N2OS/c1-9-5-6-11(17-9)13(16)10-8-15-7-3-2-4-12(15)14-10/h2-8,13,16H,1H3. The lowest BCUT2D eigenvalue weighted by Crippen LogP contribution is -1.96. The molecule has 4 heteroatoms. The highest BCUT2D eigenvalue weighted by Crippen LogP contribution is 2.27. The van der Waals surface area contributed by atoms with Crippen LogP contribution in [0, 0.1) is 6.92 Å². The van der Waals surface area contributed by atoms with Gasteiger partial charge in [0.1, 0.15) is 11.8 Å². The van der Waals surface area contributed by atoms with Crippen molar-refractivity contribution in [2.45, 2.75) is 13.0 Å². The van der Waals surface area contributed by atoms with Crippen LogP contribution in [0.5, 0.6) is 0 Å². The molecule has 3 nitrogen and oxygen atoms in total. The Hall–Kier alpha value is -1.65. The fourth-order valence-corrected chi connectivity index (χ4v) is 2.71. The zero-order chi connectivity index (χ0) is 11.8. The zero-order valence-electron chi connectivity index (χ0n) is 9.37. The number of thiophene rings is 1. The van der Waals surface area contributed by atoms with Crippen molar-refractivity contribution in [3.63, 3.8) is 0 Å². The van der Waals surface area contributed by atoms with Gasteiger partial charge in [-0.05, 0) is 31.2 Å². The molecule has 3 heterocycles. The van der Waals surface area contributed by atoms with Crippen LogP contribution in [0.1, 0.15) is 21.6 Å². The van der Waals surface area contributed by atoms with Crippen molar-refractivity contribution in [1.29, 1.82) is 0 Å². The Morgan fingerprint density at radius 3 is 2.88 bits per heavy atom. The molecular formula is C13H12N2OS. The second-order valence-electron chi connectivity index (χ2n) is 3.98. The molecule has 0 amide bonds. The quantitative estimate of drug-likeness (QED) is 0.752. The van der Waals surface area contributed by atoms with Crippen LogP contribution < -0.4 is 0 Å². The lowest BCUT2D eigenvalue weighted by atomic mass is 10.2. The second-order valence-corrected chi connectivity index (χ2v) is 5.30. The van der Waals surface area contributed by atoms with Gasteiger partial charge in [0.05, 0.1) is 5.69 Å². The average molecular weight is 244 g/mol. The summed E-state index contributed by atoms with van der Waals surface area (Å²) < 4.78 is 1.92. The van der Waals surface area contributed by atoms with Crippen LogP contribution in [-0.2, 0) is 0 Å². The van der Waals surface area contributed by atoms with E-state index in [4.69, 9.17) is 0 Å². The predicted molar refractivity (Wildman–Crippen MR) is 68.3 cm³/mol. The Morgan fingerprint density at radius 1 is 1.29 bits per heavy atom. The normalized spacial score (nSPS) is 13.1. The van der Waals surface area contributed by atoms with Gasteiger partial charge in [0.15, 0.2) is 0 Å². The van der Waals surface area contributed by atoms with Crippen LogP contribution in [0.15, 0.2) is 42.7 Å². The van der Waals surface area contributed by atoms with E-state index >= 15 is 0 Å². The number of hydrogen-bond acceptors (Lipinski definition) is 3. The van der Waals surface area contributed by atoms with Crippen molar-refractivity contribution in [3.8, 4) is 0 Å². The highest BCUT2D eigenvalue weighted by molar-refractivity contribution is 7.12. The van der Waals surface area contributed by atoms with Crippen molar-refractivity contribution in [3.05, 3.63) is 58.2 Å². The van der Waals surface area contributed by atoms with Gasteiger partial charge in [-0.3, -0.25) is 0 Å². The van der Waals surface area contributed by atoms with Gasteiger partial charge in [0, 0.05) is 22.1 Å². The minimum Gasteiger partial charge on any atom is -0.381 e. The van der Waals surface area contributed by atoms with E-state index in [2.05, 4.69) is 4.98 Å². The third-order valence-electron chi connectivity index (χ3n) is 2.69. The number of aliphatic hydroxyl groups excluding tert-OH is 1. The molecular weight excluding hydrogens is 232 g/mol. The third kappa shape index (κ3) is 1.85. The number of hydrogen-bond donors (Lipinski definition) is 1. The fourth-order valence-electron chi connectivity index (χ4n) is 1.83. The van der Waals surface area contributed by atoms with Crippen molar-refractivity contribution in [1.82, 2.24) is 9.38 Å². The van der Waals surface area contributed by atoms with Crippen molar-refractivity contribution < 1.29 is 5.11 Å². The van der Waals surface area contributed by atoms with Crippen molar-refractivity contribution >= 4 is 17.0 Å². The number of aromatic nitrogens is 2. The Kier molecular flexibility index (Phi) is 2.46. The summed E-state index contributed by atoms with van der Waals surface area (Å²) in [5.41, 5.74) is 1.55. The summed E-state index contributed by atoms with van der Waals surface area (Å²) in [6.45, 7) is 2.03. The molecule has 3 aromatic heterocycles.